The highest BCUT2D eigenvalue weighted by molar-refractivity contribution is 5.85. The van der Waals surface area contributed by atoms with E-state index in [1.165, 1.54) is 22.5 Å². The maximum absolute atomic E-state index is 4.64. The number of nitrogens with one attached hydrogen (secondary N) is 1. The van der Waals surface area contributed by atoms with Crippen molar-refractivity contribution >= 4 is 34.4 Å². The largest absolute Gasteiger partial charge is 0.364 e. The highest BCUT2D eigenvalue weighted by Gasteiger charge is 2.29. The minimum atomic E-state index is 0.727. The quantitative estimate of drug-likeness (QED) is 0.742. The summed E-state index contributed by atoms with van der Waals surface area (Å²) >= 11 is 0. The van der Waals surface area contributed by atoms with Crippen LogP contribution in [0.5, 0.6) is 0 Å². The van der Waals surface area contributed by atoms with Crippen LogP contribution in [0.4, 0.5) is 34.4 Å². The van der Waals surface area contributed by atoms with E-state index in [-0.39, 0.29) is 0 Å². The number of nitrogens with zero attached hydrogens (tertiary/aromatic N) is 5. The fourth-order valence-corrected chi connectivity index (χ4v) is 4.04. The number of anilines is 6. The Morgan fingerprint density at radius 3 is 2.37 bits per heavy atom. The van der Waals surface area contributed by atoms with Crippen molar-refractivity contribution in [1.29, 1.82) is 0 Å². The number of aryl methyl sites for hydroxylation is 2. The van der Waals surface area contributed by atoms with Crippen molar-refractivity contribution in [2.24, 2.45) is 0 Å². The highest BCUT2D eigenvalue weighted by atomic mass is 15.4. The SMILES string of the molecule is Cc1cc(C)c(N2CN(C)c3cccnc32)cc1N1CNc2cccnc21. The van der Waals surface area contributed by atoms with E-state index in [2.05, 4.69) is 75.1 Å². The molecule has 0 saturated heterocycles. The second kappa shape index (κ2) is 5.87. The van der Waals surface area contributed by atoms with Crippen LogP contribution < -0.4 is 20.0 Å². The van der Waals surface area contributed by atoms with Gasteiger partial charge in [-0.1, -0.05) is 6.07 Å². The summed E-state index contributed by atoms with van der Waals surface area (Å²) in [6.07, 6.45) is 3.71. The zero-order chi connectivity index (χ0) is 18.5. The Balaban J connectivity index is 1.61. The highest BCUT2D eigenvalue weighted by Crippen LogP contribution is 2.43. The minimum absolute atomic E-state index is 0.727. The number of rotatable bonds is 2. The van der Waals surface area contributed by atoms with E-state index >= 15 is 0 Å². The van der Waals surface area contributed by atoms with Gasteiger partial charge >= 0.3 is 0 Å². The average molecular weight is 358 g/mol. The summed E-state index contributed by atoms with van der Waals surface area (Å²) in [5.41, 5.74) is 7.08. The van der Waals surface area contributed by atoms with E-state index in [4.69, 9.17) is 0 Å². The molecule has 136 valence electrons. The molecule has 1 N–H and O–H groups in total. The third-order valence-electron chi connectivity index (χ3n) is 5.35. The Morgan fingerprint density at radius 1 is 0.852 bits per heavy atom. The van der Waals surface area contributed by atoms with Crippen molar-refractivity contribution in [3.05, 3.63) is 59.9 Å². The molecular weight excluding hydrogens is 336 g/mol. The summed E-state index contributed by atoms with van der Waals surface area (Å²) in [6.45, 7) is 5.85. The maximum Gasteiger partial charge on any atom is 0.158 e. The third kappa shape index (κ3) is 2.40. The number of benzene rings is 1. The van der Waals surface area contributed by atoms with Crippen molar-refractivity contribution in [2.45, 2.75) is 13.8 Å². The smallest absolute Gasteiger partial charge is 0.158 e. The average Bonchev–Trinajstić information content (AvgIpc) is 3.24. The van der Waals surface area contributed by atoms with E-state index in [0.29, 0.717) is 0 Å². The molecule has 5 rings (SSSR count). The van der Waals surface area contributed by atoms with Gasteiger partial charge in [-0.3, -0.25) is 0 Å². The Kier molecular flexibility index (Phi) is 3.47. The lowest BCUT2D eigenvalue weighted by molar-refractivity contribution is 0.938. The molecule has 0 saturated carbocycles. The molecule has 0 atom stereocenters. The number of aromatic nitrogens is 2. The molecule has 2 aliphatic heterocycles. The van der Waals surface area contributed by atoms with Gasteiger partial charge in [0.05, 0.1) is 24.7 Å². The van der Waals surface area contributed by atoms with Crippen LogP contribution in [-0.2, 0) is 0 Å². The summed E-state index contributed by atoms with van der Waals surface area (Å²) < 4.78 is 0. The van der Waals surface area contributed by atoms with Crippen LogP contribution in [0.25, 0.3) is 0 Å². The first kappa shape index (κ1) is 15.9. The monoisotopic (exact) mass is 358 g/mol. The molecular formula is C21H22N6. The van der Waals surface area contributed by atoms with E-state index in [1.54, 1.807) is 0 Å². The first-order chi connectivity index (χ1) is 13.1. The second-order valence-corrected chi connectivity index (χ2v) is 7.18. The second-order valence-electron chi connectivity index (χ2n) is 7.18. The fourth-order valence-electron chi connectivity index (χ4n) is 4.04. The molecule has 0 bridgehead atoms. The molecule has 0 radical (unpaired) electrons. The van der Waals surface area contributed by atoms with Gasteiger partial charge in [-0.15, -0.1) is 0 Å². The molecule has 3 aromatic rings. The molecule has 1 aromatic carbocycles. The Hall–Kier alpha value is -3.28. The van der Waals surface area contributed by atoms with E-state index in [1.807, 2.05) is 24.5 Å². The van der Waals surface area contributed by atoms with Gasteiger partial charge in [0.15, 0.2) is 11.6 Å². The molecule has 0 spiro atoms. The van der Waals surface area contributed by atoms with Gasteiger partial charge in [0, 0.05) is 30.8 Å². The summed E-state index contributed by atoms with van der Waals surface area (Å²) in [7, 11) is 2.11. The van der Waals surface area contributed by atoms with Crippen LogP contribution in [0.3, 0.4) is 0 Å². The van der Waals surface area contributed by atoms with Gasteiger partial charge in [0.1, 0.15) is 0 Å². The molecule has 2 aromatic heterocycles. The summed E-state index contributed by atoms with van der Waals surface area (Å²) in [5.74, 6) is 1.99. The first-order valence-electron chi connectivity index (χ1n) is 9.15. The van der Waals surface area contributed by atoms with Crippen LogP contribution in [0.1, 0.15) is 11.1 Å². The van der Waals surface area contributed by atoms with Gasteiger partial charge in [0.25, 0.3) is 0 Å². The fraction of sp³-hybridized carbons (Fsp3) is 0.238. The molecule has 4 heterocycles. The van der Waals surface area contributed by atoms with Gasteiger partial charge in [0.2, 0.25) is 0 Å². The third-order valence-corrected chi connectivity index (χ3v) is 5.35. The topological polar surface area (TPSA) is 47.5 Å². The van der Waals surface area contributed by atoms with Crippen molar-refractivity contribution in [2.75, 3.05) is 40.4 Å². The van der Waals surface area contributed by atoms with Gasteiger partial charge < -0.3 is 20.0 Å². The number of pyridine rings is 2. The standard InChI is InChI=1S/C21H22N6/c1-14-10-15(2)19(27-13-25(3)17-7-5-9-23-21(17)27)11-18(14)26-12-24-16-6-4-8-22-20(16)26/h4-11,24H,12-13H2,1-3H3. The number of fused-ring (bicyclic) bond motifs is 2. The van der Waals surface area contributed by atoms with E-state index < -0.39 is 0 Å². The Bertz CT molecular complexity index is 1030. The van der Waals surface area contributed by atoms with E-state index in [9.17, 15) is 0 Å². The van der Waals surface area contributed by atoms with Crippen LogP contribution >= 0.6 is 0 Å². The molecule has 0 amide bonds. The van der Waals surface area contributed by atoms with Crippen molar-refractivity contribution in [1.82, 2.24) is 9.97 Å². The van der Waals surface area contributed by atoms with Crippen molar-refractivity contribution in [3.63, 3.8) is 0 Å². The van der Waals surface area contributed by atoms with Crippen molar-refractivity contribution in [3.8, 4) is 0 Å². The lowest BCUT2D eigenvalue weighted by Crippen LogP contribution is -2.25. The Labute approximate surface area is 159 Å². The molecule has 6 heteroatoms. The zero-order valence-corrected chi connectivity index (χ0v) is 15.8. The van der Waals surface area contributed by atoms with Crippen LogP contribution in [0.2, 0.25) is 0 Å². The van der Waals surface area contributed by atoms with Gasteiger partial charge in [-0.2, -0.15) is 0 Å². The lowest BCUT2D eigenvalue weighted by Gasteiger charge is -2.26. The molecule has 27 heavy (non-hydrogen) atoms. The molecule has 6 nitrogen and oxygen atoms in total. The summed E-state index contributed by atoms with van der Waals surface area (Å²) in [5, 5.41) is 3.43. The normalized spacial score (nSPS) is 15.0. The molecule has 0 fully saturated rings. The zero-order valence-electron chi connectivity index (χ0n) is 15.8. The predicted molar refractivity (Wildman–Crippen MR) is 110 cm³/mol. The van der Waals surface area contributed by atoms with Crippen LogP contribution in [-0.4, -0.2) is 30.4 Å². The van der Waals surface area contributed by atoms with Gasteiger partial charge in [-0.05, 0) is 55.3 Å². The Morgan fingerprint density at radius 2 is 1.56 bits per heavy atom. The molecule has 0 unspecified atom stereocenters. The van der Waals surface area contributed by atoms with Crippen LogP contribution in [0, 0.1) is 13.8 Å². The number of hydrogen-bond donors (Lipinski definition) is 1. The minimum Gasteiger partial charge on any atom is -0.364 e. The predicted octanol–water partition coefficient (Wildman–Crippen LogP) is 4.16. The summed E-state index contributed by atoms with van der Waals surface area (Å²) in [6, 6.07) is 12.7. The van der Waals surface area contributed by atoms with Crippen LogP contribution in [0.15, 0.2) is 48.8 Å². The lowest BCUT2D eigenvalue weighted by atomic mass is 10.1. The first-order valence-corrected chi connectivity index (χ1v) is 9.15. The van der Waals surface area contributed by atoms with Crippen molar-refractivity contribution < 1.29 is 0 Å². The molecule has 0 aliphatic carbocycles. The van der Waals surface area contributed by atoms with E-state index in [0.717, 1.165) is 36.3 Å². The molecule has 2 aliphatic rings. The maximum atomic E-state index is 4.64. The summed E-state index contributed by atoms with van der Waals surface area (Å²) in [4.78, 5) is 16.0. The van der Waals surface area contributed by atoms with Gasteiger partial charge in [-0.25, -0.2) is 9.97 Å². The number of hydrogen-bond acceptors (Lipinski definition) is 6.